The van der Waals surface area contributed by atoms with E-state index >= 15 is 0 Å². The van der Waals surface area contributed by atoms with Gasteiger partial charge in [0.05, 0.1) is 0 Å². The van der Waals surface area contributed by atoms with Crippen LogP contribution in [0.3, 0.4) is 0 Å². The Hall–Kier alpha value is 0.620. The van der Waals surface area contributed by atoms with Crippen LogP contribution in [0, 0.1) is 0 Å². The summed E-state index contributed by atoms with van der Waals surface area (Å²) in [5, 5.41) is 0. The Morgan fingerprint density at radius 1 is 1.12 bits per heavy atom. The second-order valence-electron chi connectivity index (χ2n) is 1.87. The van der Waals surface area contributed by atoms with Gasteiger partial charge in [0.25, 0.3) is 0 Å². The van der Waals surface area contributed by atoms with Crippen LogP contribution >= 0.6 is 24.1 Å². The van der Waals surface area contributed by atoms with Crippen LogP contribution in [0.5, 0.6) is 0 Å². The molecule has 0 amide bonds. The molecule has 2 aliphatic rings. The summed E-state index contributed by atoms with van der Waals surface area (Å²) in [5.74, 6) is 2.22. The van der Waals surface area contributed by atoms with Crippen molar-refractivity contribution in [2.24, 2.45) is 0 Å². The van der Waals surface area contributed by atoms with Crippen LogP contribution in [0.1, 0.15) is 0 Å². The fourth-order valence-electron chi connectivity index (χ4n) is 0.818. The summed E-state index contributed by atoms with van der Waals surface area (Å²) in [6.07, 6.45) is 0.759. The van der Waals surface area contributed by atoms with Gasteiger partial charge in [-0.15, -0.1) is 0 Å². The van der Waals surface area contributed by atoms with Gasteiger partial charge in [0.2, 0.25) is 0 Å². The van der Waals surface area contributed by atoms with Gasteiger partial charge in [-0.3, -0.25) is 8.37 Å². The quantitative estimate of drug-likeness (QED) is 0.481. The predicted molar refractivity (Wildman–Crippen MR) is 34.7 cm³/mol. The topological polar surface area (TPSA) is 18.5 Å². The Morgan fingerprint density at radius 3 is 2.38 bits per heavy atom. The molecule has 2 fully saturated rings. The van der Waals surface area contributed by atoms with Crippen molar-refractivity contribution in [3.8, 4) is 0 Å². The molecule has 2 nitrogen and oxygen atoms in total. The smallest absolute Gasteiger partial charge is 0.159 e. The molecule has 0 N–H and O–H groups in total. The summed E-state index contributed by atoms with van der Waals surface area (Å²) in [6, 6.07) is 0. The van der Waals surface area contributed by atoms with E-state index in [9.17, 15) is 0 Å². The van der Waals surface area contributed by atoms with Crippen LogP contribution in [0.15, 0.2) is 0 Å². The summed E-state index contributed by atoms with van der Waals surface area (Å²) in [5.41, 5.74) is 0. The van der Waals surface area contributed by atoms with Crippen LogP contribution in [0.2, 0.25) is 0 Å². The average molecular weight is 150 g/mol. The summed E-state index contributed by atoms with van der Waals surface area (Å²) >= 11 is 3.06. The van der Waals surface area contributed by atoms with Crippen LogP contribution < -0.4 is 0 Å². The lowest BCUT2D eigenvalue weighted by Gasteiger charge is -1.98. The number of hydrogen-bond donors (Lipinski definition) is 0. The zero-order valence-electron chi connectivity index (χ0n) is 4.20. The molecular formula is C4H6O2S2. The molecule has 2 rings (SSSR count). The van der Waals surface area contributed by atoms with Crippen molar-refractivity contribution >= 4 is 24.1 Å². The Bertz CT molecular complexity index is 78.0. The minimum atomic E-state index is 0.380. The monoisotopic (exact) mass is 150 g/mol. The first-order valence-corrected chi connectivity index (χ1v) is 4.35. The molecule has 0 aliphatic carbocycles. The van der Waals surface area contributed by atoms with Crippen molar-refractivity contribution in [2.75, 3.05) is 11.5 Å². The number of thioether (sulfide) groups is 1. The van der Waals surface area contributed by atoms with Gasteiger partial charge in [0.15, 0.2) is 12.3 Å². The molecule has 2 aliphatic heterocycles. The first-order chi connectivity index (χ1) is 3.97. The first kappa shape index (κ1) is 5.41. The molecule has 0 radical (unpaired) electrons. The van der Waals surface area contributed by atoms with E-state index in [-0.39, 0.29) is 0 Å². The lowest BCUT2D eigenvalue weighted by molar-refractivity contribution is 0.205. The van der Waals surface area contributed by atoms with Gasteiger partial charge >= 0.3 is 0 Å². The molecule has 0 aromatic carbocycles. The van der Waals surface area contributed by atoms with E-state index in [1.807, 2.05) is 11.8 Å². The maximum Gasteiger partial charge on any atom is 0.159 e. The molecule has 2 unspecified atom stereocenters. The van der Waals surface area contributed by atoms with E-state index in [4.69, 9.17) is 8.37 Å². The fourth-order valence-corrected chi connectivity index (χ4v) is 2.79. The average Bonchev–Trinajstić information content (AvgIpc) is 2.15. The lowest BCUT2D eigenvalue weighted by atomic mass is 10.3. The highest BCUT2D eigenvalue weighted by Crippen LogP contribution is 2.35. The van der Waals surface area contributed by atoms with Crippen LogP contribution in [0.4, 0.5) is 0 Å². The van der Waals surface area contributed by atoms with E-state index in [0.29, 0.717) is 12.2 Å². The SMILES string of the molecule is C1SCC2OSOC12. The van der Waals surface area contributed by atoms with Crippen molar-refractivity contribution in [1.29, 1.82) is 0 Å². The lowest BCUT2D eigenvalue weighted by Crippen LogP contribution is -2.18. The highest BCUT2D eigenvalue weighted by molar-refractivity contribution is 7.99. The van der Waals surface area contributed by atoms with Crippen molar-refractivity contribution in [3.63, 3.8) is 0 Å². The van der Waals surface area contributed by atoms with Crippen molar-refractivity contribution < 1.29 is 8.37 Å². The molecular weight excluding hydrogens is 144 g/mol. The molecule has 0 bridgehead atoms. The van der Waals surface area contributed by atoms with Crippen LogP contribution in [-0.2, 0) is 8.37 Å². The maximum absolute atomic E-state index is 5.15. The highest BCUT2D eigenvalue weighted by atomic mass is 32.2. The Morgan fingerprint density at radius 2 is 1.75 bits per heavy atom. The molecule has 0 spiro atoms. The zero-order valence-corrected chi connectivity index (χ0v) is 5.83. The molecule has 2 heterocycles. The summed E-state index contributed by atoms with van der Waals surface area (Å²) in [6.45, 7) is 0. The van der Waals surface area contributed by atoms with Gasteiger partial charge in [-0.2, -0.15) is 11.8 Å². The largest absolute Gasteiger partial charge is 0.284 e. The zero-order chi connectivity index (χ0) is 5.40. The molecule has 0 aromatic rings. The second kappa shape index (κ2) is 2.10. The van der Waals surface area contributed by atoms with E-state index in [1.165, 1.54) is 0 Å². The van der Waals surface area contributed by atoms with E-state index in [0.717, 1.165) is 23.8 Å². The molecule has 8 heavy (non-hydrogen) atoms. The summed E-state index contributed by atoms with van der Waals surface area (Å²) in [4.78, 5) is 0. The predicted octanol–water partition coefficient (Wildman–Crippen LogP) is 1.08. The van der Waals surface area contributed by atoms with Gasteiger partial charge in [-0.1, -0.05) is 0 Å². The molecule has 0 aromatic heterocycles. The van der Waals surface area contributed by atoms with Gasteiger partial charge in [0.1, 0.15) is 12.2 Å². The fraction of sp³-hybridized carbons (Fsp3) is 1.00. The molecule has 2 atom stereocenters. The third-order valence-electron chi connectivity index (χ3n) is 1.30. The summed E-state index contributed by atoms with van der Waals surface area (Å²) < 4.78 is 10.3. The van der Waals surface area contributed by atoms with E-state index in [2.05, 4.69) is 0 Å². The van der Waals surface area contributed by atoms with Crippen molar-refractivity contribution in [2.45, 2.75) is 12.2 Å². The minimum absolute atomic E-state index is 0.380. The third-order valence-corrected chi connectivity index (χ3v) is 3.08. The van der Waals surface area contributed by atoms with E-state index < -0.39 is 0 Å². The van der Waals surface area contributed by atoms with Crippen molar-refractivity contribution in [3.05, 3.63) is 0 Å². The highest BCUT2D eigenvalue weighted by Gasteiger charge is 2.35. The minimum Gasteiger partial charge on any atom is -0.284 e. The first-order valence-electron chi connectivity index (χ1n) is 2.53. The Kier molecular flexibility index (Phi) is 1.42. The number of hydrogen-bond acceptors (Lipinski definition) is 4. The Balaban J connectivity index is 2.04. The third kappa shape index (κ3) is 0.757. The summed E-state index contributed by atoms with van der Waals surface area (Å²) in [7, 11) is 0. The van der Waals surface area contributed by atoms with Crippen molar-refractivity contribution in [1.82, 2.24) is 0 Å². The number of rotatable bonds is 0. The molecule has 4 heteroatoms. The number of fused-ring (bicyclic) bond motifs is 1. The molecule has 0 saturated carbocycles. The van der Waals surface area contributed by atoms with Gasteiger partial charge < -0.3 is 0 Å². The second-order valence-corrected chi connectivity index (χ2v) is 3.47. The van der Waals surface area contributed by atoms with E-state index in [1.54, 1.807) is 0 Å². The molecule has 2 saturated heterocycles. The van der Waals surface area contributed by atoms with Gasteiger partial charge in [0, 0.05) is 11.5 Å². The van der Waals surface area contributed by atoms with Gasteiger partial charge in [-0.25, -0.2) is 0 Å². The maximum atomic E-state index is 5.15. The normalized spacial score (nSPS) is 45.0. The standard InChI is InChI=1S/C4H6O2S2/c1-3-4(2-7-1)6-8-5-3/h3-4H,1-2H2. The Labute approximate surface area is 56.7 Å². The molecule has 46 valence electrons. The van der Waals surface area contributed by atoms with Crippen LogP contribution in [0.25, 0.3) is 0 Å². The van der Waals surface area contributed by atoms with Crippen LogP contribution in [-0.4, -0.2) is 23.7 Å². The van der Waals surface area contributed by atoms with Gasteiger partial charge in [-0.05, 0) is 0 Å².